The van der Waals surface area contributed by atoms with Crippen LogP contribution in [0.3, 0.4) is 0 Å². The fourth-order valence-electron chi connectivity index (χ4n) is 1.19. The maximum Gasteiger partial charge on any atom is 0.416 e. The molecule has 1 aromatic rings. The van der Waals surface area contributed by atoms with Crippen molar-refractivity contribution in [3.05, 3.63) is 34.3 Å². The Bertz CT molecular complexity index is 354. The number of aliphatic hydroxyl groups excluding tert-OH is 1. The number of nitrogens with two attached hydrogens (primary N) is 1. The quantitative estimate of drug-likeness (QED) is 0.832. The molecule has 3 N–H and O–H groups in total. The van der Waals surface area contributed by atoms with E-state index in [0.29, 0.717) is 0 Å². The second-order valence-corrected chi connectivity index (χ2v) is 3.42. The Morgan fingerprint density at radius 1 is 1.40 bits per heavy atom. The molecule has 2 nitrogen and oxygen atoms in total. The van der Waals surface area contributed by atoms with Crippen molar-refractivity contribution < 1.29 is 18.3 Å². The number of rotatable bonds is 2. The van der Waals surface area contributed by atoms with E-state index in [-0.39, 0.29) is 17.1 Å². The van der Waals surface area contributed by atoms with Crippen molar-refractivity contribution in [3.63, 3.8) is 0 Å². The van der Waals surface area contributed by atoms with Gasteiger partial charge in [-0.1, -0.05) is 17.7 Å². The normalized spacial score (nSPS) is 14.0. The number of benzene rings is 1. The molecule has 1 atom stereocenters. The number of hydrogen-bond acceptors (Lipinski definition) is 2. The highest BCUT2D eigenvalue weighted by Gasteiger charge is 2.34. The average molecular weight is 240 g/mol. The summed E-state index contributed by atoms with van der Waals surface area (Å²) in [5.74, 6) is 0. The molecule has 0 unspecified atom stereocenters. The van der Waals surface area contributed by atoms with E-state index >= 15 is 0 Å². The molecule has 0 aliphatic carbocycles. The minimum absolute atomic E-state index is 0.0321. The standard InChI is InChI=1S/C9H9ClF3NO/c10-5-1-2-6(8(15)4-14)7(3-5)9(11,12)13/h1-3,8,15H,4,14H2/t8-/m0/s1. The Kier molecular flexibility index (Phi) is 3.59. The third kappa shape index (κ3) is 2.84. The van der Waals surface area contributed by atoms with Gasteiger partial charge in [-0.05, 0) is 17.7 Å². The fourth-order valence-corrected chi connectivity index (χ4v) is 1.36. The van der Waals surface area contributed by atoms with Crippen LogP contribution in [0.25, 0.3) is 0 Å². The van der Waals surface area contributed by atoms with Crippen LogP contribution in [0.4, 0.5) is 13.2 Å². The van der Waals surface area contributed by atoms with Crippen LogP contribution in [-0.2, 0) is 6.18 Å². The van der Waals surface area contributed by atoms with Gasteiger partial charge in [-0.3, -0.25) is 0 Å². The van der Waals surface area contributed by atoms with Crippen LogP contribution >= 0.6 is 11.6 Å². The predicted octanol–water partition coefficient (Wildman–Crippen LogP) is 2.35. The van der Waals surface area contributed by atoms with Crippen LogP contribution in [0.2, 0.25) is 5.02 Å². The molecule has 0 heterocycles. The van der Waals surface area contributed by atoms with E-state index in [1.165, 1.54) is 6.07 Å². The van der Waals surface area contributed by atoms with Gasteiger partial charge in [0, 0.05) is 11.6 Å². The summed E-state index contributed by atoms with van der Waals surface area (Å²) < 4.78 is 37.5. The smallest absolute Gasteiger partial charge is 0.387 e. The van der Waals surface area contributed by atoms with Gasteiger partial charge in [0.05, 0.1) is 11.7 Å². The van der Waals surface area contributed by atoms with Crippen molar-refractivity contribution in [2.24, 2.45) is 5.73 Å². The van der Waals surface area contributed by atoms with Crippen LogP contribution in [0.1, 0.15) is 17.2 Å². The number of aliphatic hydroxyl groups is 1. The molecular formula is C9H9ClF3NO. The highest BCUT2D eigenvalue weighted by Crippen LogP contribution is 2.35. The summed E-state index contributed by atoms with van der Waals surface area (Å²) in [6.07, 6.45) is -5.88. The molecule has 0 saturated heterocycles. The molecule has 15 heavy (non-hydrogen) atoms. The van der Waals surface area contributed by atoms with E-state index in [4.69, 9.17) is 17.3 Å². The van der Waals surface area contributed by atoms with Crippen molar-refractivity contribution in [2.75, 3.05) is 6.54 Å². The summed E-state index contributed by atoms with van der Waals surface area (Å²) in [6, 6.07) is 3.18. The van der Waals surface area contributed by atoms with E-state index in [9.17, 15) is 18.3 Å². The first-order valence-corrected chi connectivity index (χ1v) is 4.49. The lowest BCUT2D eigenvalue weighted by Gasteiger charge is -2.16. The van der Waals surface area contributed by atoms with Crippen molar-refractivity contribution in [2.45, 2.75) is 12.3 Å². The number of halogens is 4. The molecule has 84 valence electrons. The SMILES string of the molecule is NC[C@H](O)c1ccc(Cl)cc1C(F)(F)F. The third-order valence-electron chi connectivity index (χ3n) is 1.90. The molecular weight excluding hydrogens is 231 g/mol. The van der Waals surface area contributed by atoms with Crippen LogP contribution in [-0.4, -0.2) is 11.7 Å². The Labute approximate surface area is 89.5 Å². The van der Waals surface area contributed by atoms with Gasteiger partial charge in [-0.25, -0.2) is 0 Å². The predicted molar refractivity (Wildman–Crippen MR) is 50.5 cm³/mol. The molecule has 0 bridgehead atoms. The molecule has 0 amide bonds. The van der Waals surface area contributed by atoms with Crippen LogP contribution in [0.5, 0.6) is 0 Å². The van der Waals surface area contributed by atoms with Gasteiger partial charge < -0.3 is 10.8 Å². The highest BCUT2D eigenvalue weighted by molar-refractivity contribution is 6.30. The van der Waals surface area contributed by atoms with E-state index in [0.717, 1.165) is 12.1 Å². The van der Waals surface area contributed by atoms with Gasteiger partial charge in [-0.15, -0.1) is 0 Å². The number of alkyl halides is 3. The van der Waals surface area contributed by atoms with Crippen LogP contribution < -0.4 is 5.73 Å². The van der Waals surface area contributed by atoms with Crippen molar-refractivity contribution in [1.29, 1.82) is 0 Å². The van der Waals surface area contributed by atoms with E-state index in [1.807, 2.05) is 0 Å². The van der Waals surface area contributed by atoms with Gasteiger partial charge >= 0.3 is 6.18 Å². The highest BCUT2D eigenvalue weighted by atomic mass is 35.5. The minimum atomic E-state index is -4.55. The lowest BCUT2D eigenvalue weighted by molar-refractivity contribution is -0.139. The first kappa shape index (κ1) is 12.3. The van der Waals surface area contributed by atoms with Gasteiger partial charge in [0.25, 0.3) is 0 Å². The molecule has 0 radical (unpaired) electrons. The van der Waals surface area contributed by atoms with Gasteiger partial charge in [0.2, 0.25) is 0 Å². The summed E-state index contributed by atoms with van der Waals surface area (Å²) in [4.78, 5) is 0. The molecule has 0 fully saturated rings. The Hall–Kier alpha value is -0.780. The summed E-state index contributed by atoms with van der Waals surface area (Å²) in [5, 5.41) is 9.26. The van der Waals surface area contributed by atoms with E-state index in [1.54, 1.807) is 0 Å². The first-order valence-electron chi connectivity index (χ1n) is 4.11. The summed E-state index contributed by atoms with van der Waals surface area (Å²) in [6.45, 7) is -0.273. The minimum Gasteiger partial charge on any atom is -0.387 e. The maximum atomic E-state index is 12.5. The molecule has 0 spiro atoms. The average Bonchev–Trinajstić information content (AvgIpc) is 2.15. The van der Waals surface area contributed by atoms with Gasteiger partial charge in [-0.2, -0.15) is 13.2 Å². The zero-order valence-electron chi connectivity index (χ0n) is 7.55. The molecule has 0 saturated carbocycles. The lowest BCUT2D eigenvalue weighted by atomic mass is 10.0. The molecule has 0 aliphatic heterocycles. The molecule has 0 aromatic heterocycles. The van der Waals surface area contributed by atoms with E-state index in [2.05, 4.69) is 0 Å². The summed E-state index contributed by atoms with van der Waals surface area (Å²) >= 11 is 5.46. The fraction of sp³-hybridized carbons (Fsp3) is 0.333. The first-order chi connectivity index (χ1) is 6.86. The van der Waals surface area contributed by atoms with Crippen LogP contribution in [0, 0.1) is 0 Å². The van der Waals surface area contributed by atoms with Gasteiger partial charge in [0.1, 0.15) is 0 Å². The van der Waals surface area contributed by atoms with Gasteiger partial charge in [0.15, 0.2) is 0 Å². The maximum absolute atomic E-state index is 12.5. The molecule has 1 aromatic carbocycles. The summed E-state index contributed by atoms with van der Waals surface area (Å²) in [5.41, 5.74) is 3.90. The zero-order valence-corrected chi connectivity index (χ0v) is 8.31. The van der Waals surface area contributed by atoms with E-state index < -0.39 is 17.8 Å². The second kappa shape index (κ2) is 4.38. The topological polar surface area (TPSA) is 46.2 Å². The molecule has 0 aliphatic rings. The largest absolute Gasteiger partial charge is 0.416 e. The Morgan fingerprint density at radius 2 is 2.00 bits per heavy atom. The second-order valence-electron chi connectivity index (χ2n) is 2.98. The van der Waals surface area contributed by atoms with Crippen molar-refractivity contribution >= 4 is 11.6 Å². The van der Waals surface area contributed by atoms with Crippen molar-refractivity contribution in [1.82, 2.24) is 0 Å². The summed E-state index contributed by atoms with van der Waals surface area (Å²) in [7, 11) is 0. The zero-order chi connectivity index (χ0) is 11.6. The van der Waals surface area contributed by atoms with Crippen molar-refractivity contribution in [3.8, 4) is 0 Å². The molecule has 6 heteroatoms. The molecule has 1 rings (SSSR count). The van der Waals surface area contributed by atoms with Crippen LogP contribution in [0.15, 0.2) is 18.2 Å². The lowest BCUT2D eigenvalue weighted by Crippen LogP contribution is -2.17. The Morgan fingerprint density at radius 3 is 2.47 bits per heavy atom. The monoisotopic (exact) mass is 239 g/mol. The number of hydrogen-bond donors (Lipinski definition) is 2. The Balaban J connectivity index is 3.27. The third-order valence-corrected chi connectivity index (χ3v) is 2.14.